The fraction of sp³-hybridized carbons (Fsp3) is 0.154. The van der Waals surface area contributed by atoms with Crippen LogP contribution >= 0.6 is 11.6 Å². The van der Waals surface area contributed by atoms with Gasteiger partial charge in [0.2, 0.25) is 0 Å². The van der Waals surface area contributed by atoms with Gasteiger partial charge in [-0.25, -0.2) is 4.90 Å². The average molecular weight is 463 g/mol. The first-order valence-corrected chi connectivity index (χ1v) is 10.8. The molecule has 0 atom stereocenters. The third-order valence-corrected chi connectivity index (χ3v) is 5.51. The lowest BCUT2D eigenvalue weighted by molar-refractivity contribution is -0.120. The van der Waals surface area contributed by atoms with Crippen molar-refractivity contribution in [2.45, 2.75) is 13.8 Å². The van der Waals surface area contributed by atoms with E-state index in [2.05, 4.69) is 5.32 Å². The summed E-state index contributed by atoms with van der Waals surface area (Å²) in [7, 11) is 1.53. The SMILES string of the molecule is CCOc1cccc(NC2=C(c3ccccc3OC)C(=O)N(c3ccc(Cl)cc3C)C2=O)c1. The molecule has 0 saturated heterocycles. The molecule has 2 amide bonds. The van der Waals surface area contributed by atoms with Crippen molar-refractivity contribution in [2.75, 3.05) is 23.9 Å². The zero-order chi connectivity index (χ0) is 23.5. The number of methoxy groups -OCH3 is 1. The molecule has 6 nitrogen and oxygen atoms in total. The lowest BCUT2D eigenvalue weighted by Gasteiger charge is -2.18. The highest BCUT2D eigenvalue weighted by molar-refractivity contribution is 6.46. The number of carbonyl (C=O) groups is 2. The number of para-hydroxylation sites is 1. The molecule has 3 aromatic rings. The molecule has 4 rings (SSSR count). The van der Waals surface area contributed by atoms with Crippen LogP contribution < -0.4 is 19.7 Å². The van der Waals surface area contributed by atoms with Crippen molar-refractivity contribution < 1.29 is 19.1 Å². The van der Waals surface area contributed by atoms with Gasteiger partial charge in [0.05, 0.1) is 25.0 Å². The van der Waals surface area contributed by atoms with E-state index < -0.39 is 11.8 Å². The molecule has 0 spiro atoms. The van der Waals surface area contributed by atoms with Gasteiger partial charge < -0.3 is 14.8 Å². The lowest BCUT2D eigenvalue weighted by Crippen LogP contribution is -2.33. The molecule has 0 radical (unpaired) electrons. The summed E-state index contributed by atoms with van der Waals surface area (Å²) in [5.41, 5.74) is 2.72. The fourth-order valence-electron chi connectivity index (χ4n) is 3.81. The molecule has 0 unspecified atom stereocenters. The topological polar surface area (TPSA) is 67.9 Å². The average Bonchev–Trinajstić information content (AvgIpc) is 3.04. The van der Waals surface area contributed by atoms with E-state index in [1.54, 1.807) is 42.5 Å². The molecule has 0 bridgehead atoms. The van der Waals surface area contributed by atoms with Crippen LogP contribution in [0.3, 0.4) is 0 Å². The predicted octanol–water partition coefficient (Wildman–Crippen LogP) is 5.45. The Labute approximate surface area is 197 Å². The number of nitrogens with one attached hydrogen (secondary N) is 1. The van der Waals surface area contributed by atoms with Crippen LogP contribution in [-0.2, 0) is 9.59 Å². The number of hydrogen-bond acceptors (Lipinski definition) is 5. The maximum Gasteiger partial charge on any atom is 0.282 e. The van der Waals surface area contributed by atoms with Crippen LogP contribution in [0.2, 0.25) is 5.02 Å². The number of aryl methyl sites for hydroxylation is 1. The minimum atomic E-state index is -0.465. The van der Waals surface area contributed by atoms with Gasteiger partial charge in [-0.05, 0) is 55.8 Å². The van der Waals surface area contributed by atoms with E-state index in [4.69, 9.17) is 21.1 Å². The molecule has 7 heteroatoms. The third-order valence-electron chi connectivity index (χ3n) is 5.27. The van der Waals surface area contributed by atoms with Crippen molar-refractivity contribution in [3.05, 3.63) is 88.6 Å². The van der Waals surface area contributed by atoms with Gasteiger partial charge >= 0.3 is 0 Å². The number of benzene rings is 3. The molecule has 1 aliphatic heterocycles. The Morgan fingerprint density at radius 3 is 2.48 bits per heavy atom. The Morgan fingerprint density at radius 1 is 0.970 bits per heavy atom. The summed E-state index contributed by atoms with van der Waals surface area (Å²) in [6.07, 6.45) is 0. The van der Waals surface area contributed by atoms with Gasteiger partial charge in [-0.1, -0.05) is 35.9 Å². The van der Waals surface area contributed by atoms with Crippen LogP contribution in [0.4, 0.5) is 11.4 Å². The standard InChI is InChI=1S/C26H23ClN2O4/c1-4-33-19-9-7-8-18(15-19)28-24-23(20-10-5-6-11-22(20)32-3)25(30)29(26(24)31)21-13-12-17(27)14-16(21)2/h5-15,28H,4H2,1-3H3. The summed E-state index contributed by atoms with van der Waals surface area (Å²) in [6, 6.07) is 19.4. The lowest BCUT2D eigenvalue weighted by atomic mass is 10.0. The Balaban J connectivity index is 1.85. The van der Waals surface area contributed by atoms with Gasteiger partial charge in [-0.15, -0.1) is 0 Å². The number of imide groups is 1. The summed E-state index contributed by atoms with van der Waals surface area (Å²) in [5.74, 6) is 0.237. The minimum absolute atomic E-state index is 0.160. The molecule has 1 heterocycles. The zero-order valence-electron chi connectivity index (χ0n) is 18.5. The third kappa shape index (κ3) is 4.30. The number of halogens is 1. The maximum atomic E-state index is 13.7. The van der Waals surface area contributed by atoms with E-state index >= 15 is 0 Å². The zero-order valence-corrected chi connectivity index (χ0v) is 19.3. The Morgan fingerprint density at radius 2 is 1.76 bits per heavy atom. The molecule has 3 aromatic carbocycles. The van der Waals surface area contributed by atoms with Crippen molar-refractivity contribution in [1.29, 1.82) is 0 Å². The van der Waals surface area contributed by atoms with Crippen LogP contribution in [0.1, 0.15) is 18.1 Å². The Bertz CT molecular complexity index is 1270. The van der Waals surface area contributed by atoms with Gasteiger partial charge in [-0.3, -0.25) is 9.59 Å². The number of amides is 2. The highest BCUT2D eigenvalue weighted by atomic mass is 35.5. The monoisotopic (exact) mass is 462 g/mol. The van der Waals surface area contributed by atoms with E-state index in [1.807, 2.05) is 38.1 Å². The van der Waals surface area contributed by atoms with Crippen LogP contribution in [0, 0.1) is 6.92 Å². The van der Waals surface area contributed by atoms with Gasteiger partial charge in [0, 0.05) is 22.3 Å². The number of nitrogens with zero attached hydrogens (tertiary/aromatic N) is 1. The molecule has 0 aromatic heterocycles. The number of ether oxygens (including phenoxy) is 2. The smallest absolute Gasteiger partial charge is 0.282 e. The van der Waals surface area contributed by atoms with Gasteiger partial charge in [0.15, 0.2) is 0 Å². The summed E-state index contributed by atoms with van der Waals surface area (Å²) in [4.78, 5) is 28.5. The number of hydrogen-bond donors (Lipinski definition) is 1. The van der Waals surface area contributed by atoms with Crippen molar-refractivity contribution in [3.63, 3.8) is 0 Å². The molecule has 168 valence electrons. The second-order valence-corrected chi connectivity index (χ2v) is 7.85. The molecule has 33 heavy (non-hydrogen) atoms. The number of rotatable bonds is 7. The van der Waals surface area contributed by atoms with E-state index in [0.29, 0.717) is 45.6 Å². The first-order valence-electron chi connectivity index (χ1n) is 10.5. The molecule has 0 saturated carbocycles. The number of anilines is 2. The highest BCUT2D eigenvalue weighted by Gasteiger charge is 2.41. The van der Waals surface area contributed by atoms with Gasteiger partial charge in [-0.2, -0.15) is 0 Å². The largest absolute Gasteiger partial charge is 0.496 e. The summed E-state index contributed by atoms with van der Waals surface area (Å²) in [6.45, 7) is 4.22. The summed E-state index contributed by atoms with van der Waals surface area (Å²) >= 11 is 6.10. The molecule has 1 aliphatic rings. The minimum Gasteiger partial charge on any atom is -0.496 e. The van der Waals surface area contributed by atoms with Crippen LogP contribution in [-0.4, -0.2) is 25.5 Å². The normalized spacial score (nSPS) is 13.5. The maximum absolute atomic E-state index is 13.7. The quantitative estimate of drug-likeness (QED) is 0.473. The van der Waals surface area contributed by atoms with Crippen molar-refractivity contribution in [2.24, 2.45) is 0 Å². The van der Waals surface area contributed by atoms with E-state index in [0.717, 1.165) is 0 Å². The van der Waals surface area contributed by atoms with Crippen LogP contribution in [0.25, 0.3) is 5.57 Å². The van der Waals surface area contributed by atoms with Crippen LogP contribution in [0.15, 0.2) is 72.4 Å². The van der Waals surface area contributed by atoms with Crippen LogP contribution in [0.5, 0.6) is 11.5 Å². The van der Waals surface area contributed by atoms with Gasteiger partial charge in [0.1, 0.15) is 17.2 Å². The first-order chi connectivity index (χ1) is 15.9. The van der Waals surface area contributed by atoms with Crippen molar-refractivity contribution in [1.82, 2.24) is 0 Å². The molecule has 0 aliphatic carbocycles. The number of carbonyl (C=O) groups excluding carboxylic acids is 2. The fourth-order valence-corrected chi connectivity index (χ4v) is 4.04. The van der Waals surface area contributed by atoms with Crippen molar-refractivity contribution in [3.8, 4) is 11.5 Å². The molecular formula is C26H23ClN2O4. The van der Waals surface area contributed by atoms with E-state index in [1.165, 1.54) is 12.0 Å². The summed E-state index contributed by atoms with van der Waals surface area (Å²) in [5, 5.41) is 3.68. The molecule has 0 fully saturated rings. The summed E-state index contributed by atoms with van der Waals surface area (Å²) < 4.78 is 11.1. The van der Waals surface area contributed by atoms with Crippen molar-refractivity contribution >= 4 is 40.4 Å². The molecular weight excluding hydrogens is 440 g/mol. The second kappa shape index (κ2) is 9.38. The van der Waals surface area contributed by atoms with Gasteiger partial charge in [0.25, 0.3) is 11.8 Å². The predicted molar refractivity (Wildman–Crippen MR) is 130 cm³/mol. The van der Waals surface area contributed by atoms with E-state index in [9.17, 15) is 9.59 Å². The Kier molecular flexibility index (Phi) is 6.38. The Hall–Kier alpha value is -3.77. The first kappa shape index (κ1) is 22.4. The highest BCUT2D eigenvalue weighted by Crippen LogP contribution is 2.38. The molecule has 1 N–H and O–H groups in total. The second-order valence-electron chi connectivity index (χ2n) is 7.41. The van der Waals surface area contributed by atoms with E-state index in [-0.39, 0.29) is 11.3 Å².